The summed E-state index contributed by atoms with van der Waals surface area (Å²) < 4.78 is 0. The fourth-order valence-electron chi connectivity index (χ4n) is 2.88. The van der Waals surface area contributed by atoms with E-state index in [1.807, 2.05) is 0 Å². The Balaban J connectivity index is 1.89. The van der Waals surface area contributed by atoms with Crippen LogP contribution in [0.1, 0.15) is 59.3 Å². The van der Waals surface area contributed by atoms with Gasteiger partial charge in [-0.25, -0.2) is 0 Å². The van der Waals surface area contributed by atoms with E-state index in [1.165, 1.54) is 51.6 Å². The number of rotatable bonds is 5. The molecular weight excluding hydrogens is 196 g/mol. The number of hydrogen-bond donors (Lipinski definition) is 1. The van der Waals surface area contributed by atoms with Crippen LogP contribution < -0.4 is 5.32 Å². The van der Waals surface area contributed by atoms with Gasteiger partial charge < -0.3 is 5.32 Å². The maximum atomic E-state index is 3.80. The van der Waals surface area contributed by atoms with Gasteiger partial charge in [-0.15, -0.1) is 0 Å². The molecule has 0 aromatic carbocycles. The second-order valence-corrected chi connectivity index (χ2v) is 5.93. The highest BCUT2D eigenvalue weighted by molar-refractivity contribution is 4.92. The van der Waals surface area contributed by atoms with Crippen molar-refractivity contribution >= 4 is 0 Å². The monoisotopic (exact) mass is 224 g/mol. The van der Waals surface area contributed by atoms with Crippen molar-refractivity contribution in [2.75, 3.05) is 13.1 Å². The molecule has 1 saturated carbocycles. The van der Waals surface area contributed by atoms with Crippen molar-refractivity contribution in [2.24, 2.45) is 0 Å². The number of nitrogens with one attached hydrogen (secondary N) is 1. The lowest BCUT2D eigenvalue weighted by Crippen LogP contribution is -2.55. The van der Waals surface area contributed by atoms with Crippen molar-refractivity contribution in [3.8, 4) is 0 Å². The molecule has 1 atom stereocenters. The third-order valence-corrected chi connectivity index (χ3v) is 4.76. The summed E-state index contributed by atoms with van der Waals surface area (Å²) in [6.45, 7) is 9.69. The highest BCUT2D eigenvalue weighted by Gasteiger charge is 2.34. The minimum Gasteiger partial charge on any atom is -0.310 e. The smallest absolute Gasteiger partial charge is 0.0198 e. The Morgan fingerprint density at radius 3 is 2.38 bits per heavy atom. The Labute approximate surface area is 101 Å². The molecule has 2 fully saturated rings. The first-order valence-electron chi connectivity index (χ1n) is 7.19. The Bertz CT molecular complexity index is 219. The lowest BCUT2D eigenvalue weighted by Gasteiger charge is -2.45. The molecule has 0 bridgehead atoms. The van der Waals surface area contributed by atoms with Crippen molar-refractivity contribution in [3.05, 3.63) is 0 Å². The van der Waals surface area contributed by atoms with Crippen molar-refractivity contribution in [1.82, 2.24) is 10.2 Å². The van der Waals surface area contributed by atoms with E-state index in [0.29, 0.717) is 5.54 Å². The van der Waals surface area contributed by atoms with Gasteiger partial charge in [-0.1, -0.05) is 13.8 Å². The van der Waals surface area contributed by atoms with Gasteiger partial charge in [-0.3, -0.25) is 4.90 Å². The summed E-state index contributed by atoms with van der Waals surface area (Å²) >= 11 is 0. The summed E-state index contributed by atoms with van der Waals surface area (Å²) in [4.78, 5) is 2.73. The summed E-state index contributed by atoms with van der Waals surface area (Å²) in [5.41, 5.74) is 0.434. The molecule has 1 heterocycles. The molecule has 1 aliphatic carbocycles. The van der Waals surface area contributed by atoms with Crippen LogP contribution in [-0.4, -0.2) is 35.6 Å². The summed E-state index contributed by atoms with van der Waals surface area (Å²) in [6.07, 6.45) is 8.14. The van der Waals surface area contributed by atoms with Crippen molar-refractivity contribution < 1.29 is 0 Å². The van der Waals surface area contributed by atoms with Crippen LogP contribution in [0.15, 0.2) is 0 Å². The zero-order chi connectivity index (χ0) is 11.6. The minimum absolute atomic E-state index is 0.434. The molecule has 2 rings (SSSR count). The molecule has 0 amide bonds. The van der Waals surface area contributed by atoms with Gasteiger partial charge in [0.2, 0.25) is 0 Å². The molecular formula is C14H28N2. The summed E-state index contributed by atoms with van der Waals surface area (Å²) in [5, 5.41) is 3.80. The quantitative estimate of drug-likeness (QED) is 0.772. The number of piperidine rings is 1. The van der Waals surface area contributed by atoms with Crippen LogP contribution in [0.2, 0.25) is 0 Å². The van der Waals surface area contributed by atoms with Gasteiger partial charge in [-0.05, 0) is 52.0 Å². The van der Waals surface area contributed by atoms with Crippen molar-refractivity contribution in [1.29, 1.82) is 0 Å². The fourth-order valence-corrected chi connectivity index (χ4v) is 2.88. The molecule has 2 nitrogen and oxygen atoms in total. The standard InChI is InChI=1S/C14H28N2/c1-4-14(3,5-2)16-10-6-7-13(11-16)15-12-8-9-12/h12-13,15H,4-11H2,1-3H3. The Hall–Kier alpha value is -0.0800. The maximum Gasteiger partial charge on any atom is 0.0198 e. The number of nitrogens with zero attached hydrogens (tertiary/aromatic N) is 1. The van der Waals surface area contributed by atoms with Gasteiger partial charge in [0.15, 0.2) is 0 Å². The third-order valence-electron chi connectivity index (χ3n) is 4.76. The van der Waals surface area contributed by atoms with E-state index in [-0.39, 0.29) is 0 Å². The Morgan fingerprint density at radius 1 is 1.12 bits per heavy atom. The first-order chi connectivity index (χ1) is 7.68. The van der Waals surface area contributed by atoms with E-state index in [1.54, 1.807) is 0 Å². The average Bonchev–Trinajstić information content (AvgIpc) is 3.12. The van der Waals surface area contributed by atoms with Gasteiger partial charge in [0.1, 0.15) is 0 Å². The van der Waals surface area contributed by atoms with Gasteiger partial charge >= 0.3 is 0 Å². The lowest BCUT2D eigenvalue weighted by atomic mass is 9.90. The first-order valence-corrected chi connectivity index (χ1v) is 7.19. The molecule has 0 radical (unpaired) electrons. The summed E-state index contributed by atoms with van der Waals surface area (Å²) in [6, 6.07) is 1.62. The molecule has 2 aliphatic rings. The zero-order valence-electron chi connectivity index (χ0n) is 11.3. The zero-order valence-corrected chi connectivity index (χ0v) is 11.3. The third kappa shape index (κ3) is 2.78. The highest BCUT2D eigenvalue weighted by Crippen LogP contribution is 2.28. The largest absolute Gasteiger partial charge is 0.310 e. The Morgan fingerprint density at radius 2 is 1.81 bits per heavy atom. The molecule has 1 saturated heterocycles. The van der Waals surface area contributed by atoms with E-state index in [4.69, 9.17) is 0 Å². The fraction of sp³-hybridized carbons (Fsp3) is 1.00. The number of likely N-dealkylation sites (tertiary alicyclic amines) is 1. The average molecular weight is 224 g/mol. The SMILES string of the molecule is CCC(C)(CC)N1CCCC(NC2CC2)C1. The van der Waals surface area contributed by atoms with E-state index in [0.717, 1.165) is 12.1 Å². The molecule has 1 N–H and O–H groups in total. The van der Waals surface area contributed by atoms with Gasteiger partial charge in [0, 0.05) is 24.2 Å². The minimum atomic E-state index is 0.434. The number of hydrogen-bond acceptors (Lipinski definition) is 2. The van der Waals surface area contributed by atoms with E-state index >= 15 is 0 Å². The molecule has 2 heteroatoms. The second kappa shape index (κ2) is 5.05. The van der Waals surface area contributed by atoms with Crippen molar-refractivity contribution in [3.63, 3.8) is 0 Å². The molecule has 1 unspecified atom stereocenters. The lowest BCUT2D eigenvalue weighted by molar-refractivity contribution is 0.0577. The van der Waals surface area contributed by atoms with Crippen LogP contribution in [0.25, 0.3) is 0 Å². The van der Waals surface area contributed by atoms with Gasteiger partial charge in [-0.2, -0.15) is 0 Å². The molecule has 16 heavy (non-hydrogen) atoms. The Kier molecular flexibility index (Phi) is 3.91. The van der Waals surface area contributed by atoms with E-state index in [9.17, 15) is 0 Å². The topological polar surface area (TPSA) is 15.3 Å². The summed E-state index contributed by atoms with van der Waals surface area (Å²) in [7, 11) is 0. The predicted octanol–water partition coefficient (Wildman–Crippen LogP) is 2.78. The first kappa shape index (κ1) is 12.4. The van der Waals surface area contributed by atoms with Crippen LogP contribution in [0.4, 0.5) is 0 Å². The maximum absolute atomic E-state index is 3.80. The molecule has 0 spiro atoms. The van der Waals surface area contributed by atoms with Gasteiger partial charge in [0.05, 0.1) is 0 Å². The second-order valence-electron chi connectivity index (χ2n) is 5.93. The van der Waals surface area contributed by atoms with Crippen molar-refractivity contribution in [2.45, 2.75) is 76.9 Å². The van der Waals surface area contributed by atoms with Crippen LogP contribution in [0.5, 0.6) is 0 Å². The molecule has 0 aromatic heterocycles. The summed E-state index contributed by atoms with van der Waals surface area (Å²) in [5.74, 6) is 0. The van der Waals surface area contributed by atoms with Crippen LogP contribution in [0, 0.1) is 0 Å². The normalized spacial score (nSPS) is 28.3. The van der Waals surface area contributed by atoms with E-state index in [2.05, 4.69) is 31.0 Å². The van der Waals surface area contributed by atoms with Gasteiger partial charge in [0.25, 0.3) is 0 Å². The molecule has 0 aromatic rings. The molecule has 94 valence electrons. The van der Waals surface area contributed by atoms with Crippen LogP contribution in [-0.2, 0) is 0 Å². The van der Waals surface area contributed by atoms with Crippen LogP contribution in [0.3, 0.4) is 0 Å². The molecule has 1 aliphatic heterocycles. The van der Waals surface area contributed by atoms with E-state index < -0.39 is 0 Å². The predicted molar refractivity (Wildman–Crippen MR) is 69.7 cm³/mol. The van der Waals surface area contributed by atoms with Crippen LogP contribution >= 0.6 is 0 Å². The highest BCUT2D eigenvalue weighted by atomic mass is 15.2.